The van der Waals surface area contributed by atoms with E-state index in [9.17, 15) is 9.59 Å². The maximum Gasteiger partial charge on any atom is 0.293 e. The molecule has 1 rings (SSSR count). The maximum atomic E-state index is 11.9. The monoisotopic (exact) mass is 299 g/mol. The van der Waals surface area contributed by atoms with Crippen molar-refractivity contribution >= 4 is 12.4 Å². The summed E-state index contributed by atoms with van der Waals surface area (Å²) >= 11 is 0. The zero-order valence-electron chi connectivity index (χ0n) is 13.7. The summed E-state index contributed by atoms with van der Waals surface area (Å²) in [5.74, 6) is 0.164. The van der Waals surface area contributed by atoms with Gasteiger partial charge in [-0.3, -0.25) is 14.5 Å². The molecule has 0 aromatic rings. The van der Waals surface area contributed by atoms with Crippen LogP contribution in [0.15, 0.2) is 0 Å². The van der Waals surface area contributed by atoms with Crippen molar-refractivity contribution < 1.29 is 14.3 Å². The first-order valence-electron chi connectivity index (χ1n) is 7.72. The molecule has 1 aliphatic heterocycles. The molecule has 0 saturated carbocycles. The lowest BCUT2D eigenvalue weighted by molar-refractivity contribution is -0.130. The highest BCUT2D eigenvalue weighted by Crippen LogP contribution is 2.17. The lowest BCUT2D eigenvalue weighted by atomic mass is 10.1. The summed E-state index contributed by atoms with van der Waals surface area (Å²) in [6.07, 6.45) is 2.97. The molecular weight excluding hydrogens is 270 g/mol. The first-order chi connectivity index (χ1) is 9.95. The van der Waals surface area contributed by atoms with Crippen LogP contribution in [-0.2, 0) is 14.3 Å². The van der Waals surface area contributed by atoms with E-state index in [-0.39, 0.29) is 11.9 Å². The zero-order chi connectivity index (χ0) is 15.8. The molecule has 1 fully saturated rings. The molecule has 6 nitrogen and oxygen atoms in total. The smallest absolute Gasteiger partial charge is 0.293 e. The fourth-order valence-corrected chi connectivity index (χ4v) is 2.72. The summed E-state index contributed by atoms with van der Waals surface area (Å²) in [5, 5.41) is 3.43. The number of hydrogen-bond donors (Lipinski definition) is 1. The molecule has 6 heteroatoms. The molecule has 0 aromatic heterocycles. The molecule has 0 aliphatic carbocycles. The van der Waals surface area contributed by atoms with Crippen molar-refractivity contribution in [1.29, 1.82) is 0 Å². The Morgan fingerprint density at radius 3 is 2.62 bits per heavy atom. The van der Waals surface area contributed by atoms with Gasteiger partial charge < -0.3 is 15.0 Å². The van der Waals surface area contributed by atoms with Crippen molar-refractivity contribution in [3.05, 3.63) is 0 Å². The fraction of sp³-hybridized carbons (Fsp3) is 0.867. The number of ether oxygens (including phenoxy) is 1. The normalized spacial score (nSPS) is 21.8. The topological polar surface area (TPSA) is 61.9 Å². The lowest BCUT2D eigenvalue weighted by Crippen LogP contribution is -2.43. The Labute approximate surface area is 127 Å². The molecule has 2 atom stereocenters. The second kappa shape index (κ2) is 9.00. The van der Waals surface area contributed by atoms with E-state index in [1.807, 2.05) is 0 Å². The Morgan fingerprint density at radius 2 is 2.05 bits per heavy atom. The van der Waals surface area contributed by atoms with Gasteiger partial charge in [-0.05, 0) is 33.1 Å². The Hall–Kier alpha value is -1.14. The molecule has 0 radical (unpaired) electrons. The van der Waals surface area contributed by atoms with E-state index in [1.165, 1.54) is 0 Å². The quantitative estimate of drug-likeness (QED) is 0.495. The van der Waals surface area contributed by atoms with E-state index in [1.54, 1.807) is 19.0 Å². The molecule has 1 N–H and O–H groups in total. The molecule has 21 heavy (non-hydrogen) atoms. The number of carbonyl (C=O) groups excluding carboxylic acids is 2. The maximum absolute atomic E-state index is 11.9. The highest BCUT2D eigenvalue weighted by Gasteiger charge is 2.30. The number of carbonyl (C=O) groups is 2. The van der Waals surface area contributed by atoms with Crippen LogP contribution in [0.3, 0.4) is 0 Å². The second-order valence-electron chi connectivity index (χ2n) is 6.11. The van der Waals surface area contributed by atoms with E-state index in [2.05, 4.69) is 24.1 Å². The van der Waals surface area contributed by atoms with E-state index in [0.29, 0.717) is 25.2 Å². The fourth-order valence-electron chi connectivity index (χ4n) is 2.72. The number of amides is 1. The summed E-state index contributed by atoms with van der Waals surface area (Å²) < 4.78 is 4.77. The third kappa shape index (κ3) is 6.01. The summed E-state index contributed by atoms with van der Waals surface area (Å²) in [7, 11) is 3.59. The third-order valence-electron chi connectivity index (χ3n) is 4.04. The van der Waals surface area contributed by atoms with Gasteiger partial charge in [0.15, 0.2) is 0 Å². The predicted octanol–water partition coefficient (Wildman–Crippen LogP) is 0.469. The van der Waals surface area contributed by atoms with Crippen LogP contribution in [0.1, 0.15) is 33.1 Å². The van der Waals surface area contributed by atoms with Crippen LogP contribution in [0.2, 0.25) is 0 Å². The SMILES string of the molecule is CC(C)N(CCOC=O)CCC1CCC(C(=O)N(C)C)N1. The van der Waals surface area contributed by atoms with Crippen molar-refractivity contribution in [3.63, 3.8) is 0 Å². The molecule has 1 amide bonds. The van der Waals surface area contributed by atoms with Gasteiger partial charge in [0.05, 0.1) is 6.04 Å². The Morgan fingerprint density at radius 1 is 1.33 bits per heavy atom. The highest BCUT2D eigenvalue weighted by atomic mass is 16.5. The van der Waals surface area contributed by atoms with Crippen LogP contribution in [0.4, 0.5) is 0 Å². The van der Waals surface area contributed by atoms with Gasteiger partial charge in [-0.2, -0.15) is 0 Å². The van der Waals surface area contributed by atoms with E-state index < -0.39 is 0 Å². The van der Waals surface area contributed by atoms with Crippen LogP contribution < -0.4 is 5.32 Å². The molecule has 1 aliphatic rings. The summed E-state index contributed by atoms with van der Waals surface area (Å²) in [5.41, 5.74) is 0. The number of hydrogen-bond acceptors (Lipinski definition) is 5. The molecular formula is C15H29N3O3. The first kappa shape index (κ1) is 17.9. The molecule has 1 heterocycles. The van der Waals surface area contributed by atoms with Crippen LogP contribution in [-0.4, -0.2) is 74.1 Å². The van der Waals surface area contributed by atoms with Gasteiger partial charge in [0.25, 0.3) is 6.47 Å². The molecule has 0 aromatic carbocycles. The van der Waals surface area contributed by atoms with Crippen LogP contribution in [0.5, 0.6) is 0 Å². The number of likely N-dealkylation sites (N-methyl/N-ethyl adjacent to an activating group) is 1. The summed E-state index contributed by atoms with van der Waals surface area (Å²) in [6.45, 7) is 6.91. The minimum Gasteiger partial charge on any atom is -0.467 e. The molecule has 0 spiro atoms. The van der Waals surface area contributed by atoms with E-state index >= 15 is 0 Å². The van der Waals surface area contributed by atoms with Crippen LogP contribution >= 0.6 is 0 Å². The van der Waals surface area contributed by atoms with Crippen molar-refractivity contribution in [2.75, 3.05) is 33.8 Å². The molecule has 2 unspecified atom stereocenters. The van der Waals surface area contributed by atoms with Crippen molar-refractivity contribution in [2.45, 2.75) is 51.2 Å². The van der Waals surface area contributed by atoms with Gasteiger partial charge in [0.1, 0.15) is 6.61 Å². The van der Waals surface area contributed by atoms with Gasteiger partial charge in [-0.1, -0.05) is 0 Å². The molecule has 122 valence electrons. The van der Waals surface area contributed by atoms with Gasteiger partial charge in [0.2, 0.25) is 5.91 Å². The average molecular weight is 299 g/mol. The third-order valence-corrected chi connectivity index (χ3v) is 4.04. The van der Waals surface area contributed by atoms with Gasteiger partial charge >= 0.3 is 0 Å². The minimum atomic E-state index is -0.0316. The predicted molar refractivity (Wildman–Crippen MR) is 82.0 cm³/mol. The van der Waals surface area contributed by atoms with Gasteiger partial charge in [-0.15, -0.1) is 0 Å². The summed E-state index contributed by atoms with van der Waals surface area (Å²) in [4.78, 5) is 26.1. The zero-order valence-corrected chi connectivity index (χ0v) is 13.7. The number of rotatable bonds is 9. The van der Waals surface area contributed by atoms with Gasteiger partial charge in [-0.25, -0.2) is 0 Å². The second-order valence-corrected chi connectivity index (χ2v) is 6.11. The summed E-state index contributed by atoms with van der Waals surface area (Å²) in [6, 6.07) is 0.781. The Balaban J connectivity index is 2.33. The molecule has 1 saturated heterocycles. The Kier molecular flexibility index (Phi) is 7.67. The Bertz CT molecular complexity index is 334. The van der Waals surface area contributed by atoms with Crippen molar-refractivity contribution in [2.24, 2.45) is 0 Å². The van der Waals surface area contributed by atoms with E-state index in [4.69, 9.17) is 4.74 Å². The first-order valence-corrected chi connectivity index (χ1v) is 7.72. The minimum absolute atomic E-state index is 0.0316. The average Bonchev–Trinajstić information content (AvgIpc) is 2.90. The van der Waals surface area contributed by atoms with Crippen LogP contribution in [0, 0.1) is 0 Å². The lowest BCUT2D eigenvalue weighted by Gasteiger charge is -2.27. The number of nitrogens with one attached hydrogen (secondary N) is 1. The van der Waals surface area contributed by atoms with E-state index in [0.717, 1.165) is 32.4 Å². The standard InChI is InChI=1S/C15H29N3O3/c1-12(2)18(9-10-21-11-19)8-7-13-5-6-14(16-13)15(20)17(3)4/h11-14,16H,5-10H2,1-4H3. The molecule has 0 bridgehead atoms. The van der Waals surface area contributed by atoms with Gasteiger partial charge in [0, 0.05) is 39.3 Å². The number of nitrogens with zero attached hydrogens (tertiary/aromatic N) is 2. The van der Waals surface area contributed by atoms with Crippen molar-refractivity contribution in [3.8, 4) is 0 Å². The largest absolute Gasteiger partial charge is 0.467 e. The van der Waals surface area contributed by atoms with Crippen molar-refractivity contribution in [1.82, 2.24) is 15.1 Å². The highest BCUT2D eigenvalue weighted by molar-refractivity contribution is 5.81. The van der Waals surface area contributed by atoms with Crippen LogP contribution in [0.25, 0.3) is 0 Å².